The number of nitrogens with zero attached hydrogens (tertiary/aromatic N) is 3. The van der Waals surface area contributed by atoms with E-state index in [0.717, 1.165) is 40.0 Å². The van der Waals surface area contributed by atoms with Crippen LogP contribution >= 0.6 is 12.2 Å². The number of hydrogen-bond donors (Lipinski definition) is 1. The summed E-state index contributed by atoms with van der Waals surface area (Å²) >= 11 is 5.89. The number of aromatic nitrogens is 2. The van der Waals surface area contributed by atoms with E-state index in [-0.39, 0.29) is 12.1 Å². The van der Waals surface area contributed by atoms with Gasteiger partial charge in [0.05, 0.1) is 32.0 Å². The molecule has 1 fully saturated rings. The number of pyridine rings is 1. The minimum absolute atomic E-state index is 0.102. The first-order valence-electron chi connectivity index (χ1n) is 11.5. The van der Waals surface area contributed by atoms with E-state index in [4.69, 9.17) is 21.7 Å². The van der Waals surface area contributed by atoms with Crippen LogP contribution in [0.1, 0.15) is 34.7 Å². The normalized spacial score (nSPS) is 17.4. The molecule has 0 spiro atoms. The molecule has 1 saturated heterocycles. The molecular weight excluding hydrogens is 456 g/mol. The highest BCUT2D eigenvalue weighted by molar-refractivity contribution is 7.80. The minimum Gasteiger partial charge on any atom is -0.497 e. The van der Waals surface area contributed by atoms with E-state index in [1.807, 2.05) is 54.7 Å². The lowest BCUT2D eigenvalue weighted by Gasteiger charge is -2.28. The Morgan fingerprint density at radius 1 is 0.857 bits per heavy atom. The number of thiocarbonyl (C=S) groups is 1. The van der Waals surface area contributed by atoms with Crippen LogP contribution in [-0.4, -0.2) is 28.9 Å². The van der Waals surface area contributed by atoms with Gasteiger partial charge in [-0.15, -0.1) is 0 Å². The Balaban J connectivity index is 1.68. The molecule has 1 aliphatic rings. The first-order valence-corrected chi connectivity index (χ1v) is 11.9. The molecule has 6 nitrogen and oxygen atoms in total. The zero-order chi connectivity index (χ0) is 24.5. The summed E-state index contributed by atoms with van der Waals surface area (Å²) in [6, 6.07) is 24.1. The van der Waals surface area contributed by atoms with Gasteiger partial charge in [-0.2, -0.15) is 0 Å². The lowest BCUT2D eigenvalue weighted by molar-refractivity contribution is 0.414. The van der Waals surface area contributed by atoms with Gasteiger partial charge < -0.3 is 24.3 Å². The van der Waals surface area contributed by atoms with Crippen LogP contribution in [0.4, 0.5) is 5.69 Å². The fourth-order valence-corrected chi connectivity index (χ4v) is 5.29. The molecule has 7 heteroatoms. The molecule has 0 saturated carbocycles. The third kappa shape index (κ3) is 4.12. The van der Waals surface area contributed by atoms with Crippen LogP contribution in [0.15, 0.2) is 79.0 Å². The van der Waals surface area contributed by atoms with E-state index in [9.17, 15) is 0 Å². The second kappa shape index (κ2) is 9.43. The topological polar surface area (TPSA) is 51.5 Å². The lowest BCUT2D eigenvalue weighted by atomic mass is 9.96. The molecule has 1 aliphatic heterocycles. The molecule has 0 amide bonds. The molecule has 3 heterocycles. The van der Waals surface area contributed by atoms with Crippen molar-refractivity contribution >= 4 is 23.0 Å². The minimum atomic E-state index is -0.117. The number of aryl methyl sites for hydroxylation is 1. The monoisotopic (exact) mass is 484 g/mol. The predicted molar refractivity (Wildman–Crippen MR) is 143 cm³/mol. The Labute approximate surface area is 211 Å². The van der Waals surface area contributed by atoms with Gasteiger partial charge in [-0.25, -0.2) is 0 Å². The van der Waals surface area contributed by atoms with Crippen molar-refractivity contribution in [1.29, 1.82) is 0 Å². The molecule has 0 aliphatic carbocycles. The zero-order valence-electron chi connectivity index (χ0n) is 20.2. The number of rotatable bonds is 6. The predicted octanol–water partition coefficient (Wildman–Crippen LogP) is 5.68. The summed E-state index contributed by atoms with van der Waals surface area (Å²) in [7, 11) is 3.37. The molecule has 1 N–H and O–H groups in total. The van der Waals surface area contributed by atoms with E-state index < -0.39 is 0 Å². The van der Waals surface area contributed by atoms with Crippen LogP contribution in [0.25, 0.3) is 5.69 Å². The molecule has 4 aromatic rings. The maximum atomic E-state index is 5.89. The van der Waals surface area contributed by atoms with E-state index in [1.54, 1.807) is 14.2 Å². The summed E-state index contributed by atoms with van der Waals surface area (Å²) in [4.78, 5) is 6.85. The third-order valence-electron chi connectivity index (χ3n) is 6.53. The van der Waals surface area contributed by atoms with E-state index in [2.05, 4.69) is 57.9 Å². The highest BCUT2D eigenvalue weighted by Crippen LogP contribution is 2.44. The molecule has 0 bridgehead atoms. The number of nitrogens with one attached hydrogen (secondary N) is 1. The summed E-state index contributed by atoms with van der Waals surface area (Å²) < 4.78 is 13.3. The Hall–Kier alpha value is -3.84. The molecule has 0 unspecified atom stereocenters. The van der Waals surface area contributed by atoms with Crippen LogP contribution in [-0.2, 0) is 0 Å². The van der Waals surface area contributed by atoms with Gasteiger partial charge in [0.25, 0.3) is 0 Å². The summed E-state index contributed by atoms with van der Waals surface area (Å²) in [6.07, 6.45) is 1.82. The number of methoxy groups -OCH3 is 2. The summed E-state index contributed by atoms with van der Waals surface area (Å²) in [5, 5.41) is 4.20. The van der Waals surface area contributed by atoms with Gasteiger partial charge in [-0.1, -0.05) is 18.2 Å². The molecule has 2 atom stereocenters. The number of ether oxygens (including phenoxy) is 2. The fraction of sp³-hybridized carbons (Fsp3) is 0.214. The van der Waals surface area contributed by atoms with Crippen LogP contribution in [0.2, 0.25) is 0 Å². The van der Waals surface area contributed by atoms with Crippen molar-refractivity contribution in [3.05, 3.63) is 102 Å². The highest BCUT2D eigenvalue weighted by atomic mass is 32.1. The Morgan fingerprint density at radius 2 is 1.54 bits per heavy atom. The smallest absolute Gasteiger partial charge is 0.174 e. The van der Waals surface area contributed by atoms with E-state index in [0.29, 0.717) is 5.11 Å². The quantitative estimate of drug-likeness (QED) is 0.355. The van der Waals surface area contributed by atoms with Gasteiger partial charge in [0.1, 0.15) is 11.5 Å². The maximum absolute atomic E-state index is 5.89. The largest absolute Gasteiger partial charge is 0.497 e. The van der Waals surface area contributed by atoms with Gasteiger partial charge in [-0.3, -0.25) is 4.98 Å². The average Bonchev–Trinajstić information content (AvgIpc) is 3.39. The van der Waals surface area contributed by atoms with Gasteiger partial charge in [0.2, 0.25) is 0 Å². The van der Waals surface area contributed by atoms with Crippen LogP contribution in [0, 0.1) is 13.8 Å². The highest BCUT2D eigenvalue weighted by Gasteiger charge is 2.42. The van der Waals surface area contributed by atoms with Crippen molar-refractivity contribution in [2.45, 2.75) is 25.9 Å². The SMILES string of the molecule is COc1cccc(N2C(=S)N[C@H](c3ccccn3)[C@H]2c2cc(C)n(-c3cccc(OC)c3)c2C)c1. The third-order valence-corrected chi connectivity index (χ3v) is 6.84. The van der Waals surface area contributed by atoms with Gasteiger partial charge in [0.15, 0.2) is 5.11 Å². The molecule has 178 valence electrons. The Bertz CT molecular complexity index is 1370. The molecule has 5 rings (SSSR count). The lowest BCUT2D eigenvalue weighted by Crippen LogP contribution is -2.29. The number of benzene rings is 2. The maximum Gasteiger partial charge on any atom is 0.174 e. The van der Waals surface area contributed by atoms with E-state index >= 15 is 0 Å². The van der Waals surface area contributed by atoms with Crippen molar-refractivity contribution in [3.8, 4) is 17.2 Å². The first kappa shape index (κ1) is 22.9. The number of hydrogen-bond acceptors (Lipinski definition) is 4. The second-order valence-electron chi connectivity index (χ2n) is 8.56. The summed E-state index contributed by atoms with van der Waals surface area (Å²) in [6.45, 7) is 4.28. The van der Waals surface area contributed by atoms with Crippen molar-refractivity contribution < 1.29 is 9.47 Å². The molecule has 0 radical (unpaired) electrons. The second-order valence-corrected chi connectivity index (χ2v) is 8.95. The Kier molecular flexibility index (Phi) is 6.17. The van der Waals surface area contributed by atoms with Gasteiger partial charge in [-0.05, 0) is 74.1 Å². The molecule has 35 heavy (non-hydrogen) atoms. The van der Waals surface area contributed by atoms with Crippen LogP contribution < -0.4 is 19.7 Å². The van der Waals surface area contributed by atoms with Gasteiger partial charge >= 0.3 is 0 Å². The molecular formula is C28H28N4O2S. The van der Waals surface area contributed by atoms with Crippen LogP contribution in [0.5, 0.6) is 11.5 Å². The first-order chi connectivity index (χ1) is 17.0. The van der Waals surface area contributed by atoms with Gasteiger partial charge in [0, 0.05) is 41.1 Å². The Morgan fingerprint density at radius 3 is 2.20 bits per heavy atom. The standard InChI is InChI=1S/C28H28N4O2S/c1-18-15-24(19(2)31(18)20-9-7-11-22(16-20)33-3)27-26(25-13-5-6-14-29-25)30-28(35)32(27)21-10-8-12-23(17-21)34-4/h5-17,26-27H,1-4H3,(H,30,35)/t26-,27-/m1/s1. The average molecular weight is 485 g/mol. The fourth-order valence-electron chi connectivity index (χ4n) is 4.94. The van der Waals surface area contributed by atoms with Crippen LogP contribution in [0.3, 0.4) is 0 Å². The van der Waals surface area contributed by atoms with Crippen molar-refractivity contribution in [3.63, 3.8) is 0 Å². The number of anilines is 1. The summed E-state index contributed by atoms with van der Waals surface area (Å²) in [5.74, 6) is 1.61. The zero-order valence-corrected chi connectivity index (χ0v) is 21.0. The molecule has 2 aromatic carbocycles. The van der Waals surface area contributed by atoms with Crippen molar-refractivity contribution in [2.24, 2.45) is 0 Å². The molecule has 2 aromatic heterocycles. The summed E-state index contributed by atoms with van der Waals surface area (Å²) in [5.41, 5.74) is 6.42. The van der Waals surface area contributed by atoms with Crippen molar-refractivity contribution in [2.75, 3.05) is 19.1 Å². The van der Waals surface area contributed by atoms with E-state index in [1.165, 1.54) is 5.56 Å². The van der Waals surface area contributed by atoms with Crippen molar-refractivity contribution in [1.82, 2.24) is 14.9 Å².